The number of hydrogen-bond donors (Lipinski definition) is 2. The fraction of sp³-hybridized carbons (Fsp3) is 0.692. The molecule has 0 radical (unpaired) electrons. The van der Waals surface area contributed by atoms with Gasteiger partial charge in [0.15, 0.2) is 0 Å². The third-order valence-electron chi connectivity index (χ3n) is 3.50. The van der Waals surface area contributed by atoms with E-state index in [1.165, 1.54) is 12.8 Å². The largest absolute Gasteiger partial charge is 0.354 e. The molecule has 3 N–H and O–H groups in total. The van der Waals surface area contributed by atoms with E-state index in [4.69, 9.17) is 5.73 Å². The maximum absolute atomic E-state index is 11.5. The first-order chi connectivity index (χ1) is 9.29. The van der Waals surface area contributed by atoms with Crippen molar-refractivity contribution in [2.24, 2.45) is 5.73 Å². The maximum Gasteiger partial charge on any atom is 0.221 e. The smallest absolute Gasteiger partial charge is 0.221 e. The van der Waals surface area contributed by atoms with Crippen molar-refractivity contribution in [3.8, 4) is 0 Å². The number of thiazole rings is 1. The Morgan fingerprint density at radius 1 is 1.58 bits per heavy atom. The van der Waals surface area contributed by atoms with Crippen LogP contribution in [-0.4, -0.2) is 41.5 Å². The van der Waals surface area contributed by atoms with Crippen LogP contribution in [0, 0.1) is 0 Å². The molecule has 2 heterocycles. The molecule has 0 aromatic carbocycles. The number of carbonyl (C=O) groups is 1. The Bertz CT molecular complexity index is 382. The van der Waals surface area contributed by atoms with Crippen LogP contribution >= 0.6 is 11.3 Å². The highest BCUT2D eigenvalue weighted by Gasteiger charge is 2.23. The minimum Gasteiger partial charge on any atom is -0.354 e. The third kappa shape index (κ3) is 4.56. The van der Waals surface area contributed by atoms with Gasteiger partial charge in [-0.05, 0) is 19.4 Å². The van der Waals surface area contributed by atoms with Gasteiger partial charge in [-0.15, -0.1) is 11.3 Å². The van der Waals surface area contributed by atoms with Gasteiger partial charge in [0.25, 0.3) is 0 Å². The Kier molecular flexibility index (Phi) is 5.75. The molecule has 0 spiro atoms. The SMILES string of the molecule is NCCC(=O)NCC1CCCCN1Cc1cscn1. The van der Waals surface area contributed by atoms with Crippen molar-refractivity contribution < 1.29 is 4.79 Å². The lowest BCUT2D eigenvalue weighted by atomic mass is 10.0. The molecule has 6 heteroatoms. The summed E-state index contributed by atoms with van der Waals surface area (Å²) < 4.78 is 0. The van der Waals surface area contributed by atoms with Crippen molar-refractivity contribution in [1.29, 1.82) is 0 Å². The fourth-order valence-corrected chi connectivity index (χ4v) is 3.02. The highest BCUT2D eigenvalue weighted by Crippen LogP contribution is 2.19. The minimum atomic E-state index is 0.0571. The van der Waals surface area contributed by atoms with E-state index in [0.29, 0.717) is 19.0 Å². The van der Waals surface area contributed by atoms with Crippen LogP contribution in [0.1, 0.15) is 31.4 Å². The van der Waals surface area contributed by atoms with Gasteiger partial charge in [-0.1, -0.05) is 6.42 Å². The first-order valence-corrected chi connectivity index (χ1v) is 7.81. The summed E-state index contributed by atoms with van der Waals surface area (Å²) in [5, 5.41) is 5.08. The number of aromatic nitrogens is 1. The van der Waals surface area contributed by atoms with E-state index in [0.717, 1.165) is 31.7 Å². The molecule has 19 heavy (non-hydrogen) atoms. The lowest BCUT2D eigenvalue weighted by Gasteiger charge is -2.35. The number of nitrogens with zero attached hydrogens (tertiary/aromatic N) is 2. The number of likely N-dealkylation sites (tertiary alicyclic amines) is 1. The van der Waals surface area contributed by atoms with Gasteiger partial charge < -0.3 is 11.1 Å². The second-order valence-corrected chi connectivity index (χ2v) is 5.66. The van der Waals surface area contributed by atoms with Crippen LogP contribution in [0.2, 0.25) is 0 Å². The number of nitrogens with one attached hydrogen (secondary N) is 1. The van der Waals surface area contributed by atoms with Crippen molar-refractivity contribution in [1.82, 2.24) is 15.2 Å². The topological polar surface area (TPSA) is 71.2 Å². The average Bonchev–Trinajstić information content (AvgIpc) is 2.91. The molecule has 0 saturated carbocycles. The van der Waals surface area contributed by atoms with Crippen LogP contribution in [0.25, 0.3) is 0 Å². The minimum absolute atomic E-state index is 0.0571. The number of rotatable bonds is 6. The quantitative estimate of drug-likeness (QED) is 0.815. The van der Waals surface area contributed by atoms with Gasteiger partial charge in [0.2, 0.25) is 5.91 Å². The first-order valence-electron chi connectivity index (χ1n) is 6.87. The number of amides is 1. The monoisotopic (exact) mass is 282 g/mol. The van der Waals surface area contributed by atoms with Crippen LogP contribution in [0.3, 0.4) is 0 Å². The molecule has 106 valence electrons. The molecule has 1 amide bonds. The maximum atomic E-state index is 11.5. The zero-order chi connectivity index (χ0) is 13.5. The summed E-state index contributed by atoms with van der Waals surface area (Å²) in [5.74, 6) is 0.0571. The molecule has 1 unspecified atom stereocenters. The zero-order valence-electron chi connectivity index (χ0n) is 11.2. The Hall–Kier alpha value is -0.980. The predicted molar refractivity (Wildman–Crippen MR) is 76.8 cm³/mol. The molecule has 5 nitrogen and oxygen atoms in total. The van der Waals surface area contributed by atoms with Gasteiger partial charge in [-0.3, -0.25) is 9.69 Å². The average molecular weight is 282 g/mol. The van der Waals surface area contributed by atoms with E-state index in [1.54, 1.807) is 11.3 Å². The molecule has 0 aliphatic carbocycles. The van der Waals surface area contributed by atoms with E-state index in [-0.39, 0.29) is 5.91 Å². The summed E-state index contributed by atoms with van der Waals surface area (Å²) >= 11 is 1.63. The van der Waals surface area contributed by atoms with Gasteiger partial charge in [0.05, 0.1) is 11.2 Å². The van der Waals surface area contributed by atoms with Crippen LogP contribution < -0.4 is 11.1 Å². The normalized spacial score (nSPS) is 20.4. The van der Waals surface area contributed by atoms with Crippen molar-refractivity contribution in [2.75, 3.05) is 19.6 Å². The standard InChI is InChI=1S/C13H22N4OS/c14-5-4-13(18)15-7-12-3-1-2-6-17(12)8-11-9-19-10-16-11/h9-10,12H,1-8,14H2,(H,15,18). The molecule has 1 saturated heterocycles. The molecule has 1 aromatic heterocycles. The van der Waals surface area contributed by atoms with E-state index >= 15 is 0 Å². The zero-order valence-corrected chi connectivity index (χ0v) is 12.0. The van der Waals surface area contributed by atoms with E-state index in [1.807, 2.05) is 5.51 Å². The highest BCUT2D eigenvalue weighted by atomic mass is 32.1. The van der Waals surface area contributed by atoms with Crippen molar-refractivity contribution in [3.63, 3.8) is 0 Å². The lowest BCUT2D eigenvalue weighted by Crippen LogP contribution is -2.46. The van der Waals surface area contributed by atoms with Gasteiger partial charge in [0, 0.05) is 37.5 Å². The second kappa shape index (κ2) is 7.57. The van der Waals surface area contributed by atoms with E-state index in [9.17, 15) is 4.79 Å². The number of hydrogen-bond acceptors (Lipinski definition) is 5. The number of nitrogens with two attached hydrogens (primary N) is 1. The second-order valence-electron chi connectivity index (χ2n) is 4.94. The van der Waals surface area contributed by atoms with E-state index in [2.05, 4.69) is 20.6 Å². The Balaban J connectivity index is 1.83. The van der Waals surface area contributed by atoms with Gasteiger partial charge >= 0.3 is 0 Å². The molecular formula is C13H22N4OS. The van der Waals surface area contributed by atoms with Crippen molar-refractivity contribution in [3.05, 3.63) is 16.6 Å². The van der Waals surface area contributed by atoms with Crippen molar-refractivity contribution >= 4 is 17.2 Å². The molecule has 1 aliphatic rings. The number of carbonyl (C=O) groups excluding carboxylic acids is 1. The van der Waals surface area contributed by atoms with Crippen LogP contribution in [0.15, 0.2) is 10.9 Å². The molecule has 1 aromatic rings. The predicted octanol–water partition coefficient (Wildman–Crippen LogP) is 0.963. The molecule has 1 fully saturated rings. The Labute approximate surface area is 118 Å². The summed E-state index contributed by atoms with van der Waals surface area (Å²) in [6.45, 7) is 3.12. The van der Waals surface area contributed by atoms with Gasteiger partial charge in [-0.25, -0.2) is 4.98 Å². The van der Waals surface area contributed by atoms with Gasteiger partial charge in [0.1, 0.15) is 0 Å². The van der Waals surface area contributed by atoms with Crippen LogP contribution in [-0.2, 0) is 11.3 Å². The van der Waals surface area contributed by atoms with Crippen LogP contribution in [0.4, 0.5) is 0 Å². The molecule has 0 bridgehead atoms. The Morgan fingerprint density at radius 3 is 3.21 bits per heavy atom. The number of piperidine rings is 1. The third-order valence-corrected chi connectivity index (χ3v) is 4.14. The highest BCUT2D eigenvalue weighted by molar-refractivity contribution is 7.07. The summed E-state index contributed by atoms with van der Waals surface area (Å²) in [6.07, 6.45) is 4.04. The van der Waals surface area contributed by atoms with E-state index < -0.39 is 0 Å². The summed E-state index contributed by atoms with van der Waals surface area (Å²) in [7, 11) is 0. The van der Waals surface area contributed by atoms with Crippen molar-refractivity contribution in [2.45, 2.75) is 38.3 Å². The Morgan fingerprint density at radius 2 is 2.47 bits per heavy atom. The van der Waals surface area contributed by atoms with Crippen LogP contribution in [0.5, 0.6) is 0 Å². The lowest BCUT2D eigenvalue weighted by molar-refractivity contribution is -0.121. The molecule has 1 aliphatic heterocycles. The summed E-state index contributed by atoms with van der Waals surface area (Å²) in [6, 6.07) is 0.428. The summed E-state index contributed by atoms with van der Waals surface area (Å²) in [5.41, 5.74) is 8.38. The fourth-order valence-electron chi connectivity index (χ4n) is 2.47. The van der Waals surface area contributed by atoms with Gasteiger partial charge in [-0.2, -0.15) is 0 Å². The molecular weight excluding hydrogens is 260 g/mol. The first kappa shape index (κ1) is 14.4. The molecule has 1 atom stereocenters. The summed E-state index contributed by atoms with van der Waals surface area (Å²) in [4.78, 5) is 18.3. The molecule has 2 rings (SSSR count).